The van der Waals surface area contributed by atoms with Gasteiger partial charge in [0.1, 0.15) is 11.3 Å². The number of nitrogens with zero attached hydrogens (tertiary/aromatic N) is 2. The number of anilines is 1. The van der Waals surface area contributed by atoms with E-state index in [9.17, 15) is 4.79 Å². The molecule has 0 radical (unpaired) electrons. The molecule has 2 aliphatic rings. The molecule has 132 valence electrons. The number of aryl methyl sites for hydroxylation is 1. The van der Waals surface area contributed by atoms with Crippen LogP contribution >= 0.6 is 0 Å². The molecular formula is C20H21N5O. The first-order valence-electron chi connectivity index (χ1n) is 9.23. The number of fused-ring (bicyclic) bond motifs is 3. The van der Waals surface area contributed by atoms with Gasteiger partial charge >= 0.3 is 0 Å². The van der Waals surface area contributed by atoms with Gasteiger partial charge in [-0.25, -0.2) is 9.97 Å². The molecule has 0 fully saturated rings. The molecule has 1 amide bonds. The zero-order valence-electron chi connectivity index (χ0n) is 14.7. The van der Waals surface area contributed by atoms with Gasteiger partial charge in [-0.2, -0.15) is 0 Å². The monoisotopic (exact) mass is 347 g/mol. The van der Waals surface area contributed by atoms with Gasteiger partial charge in [-0.3, -0.25) is 4.79 Å². The van der Waals surface area contributed by atoms with Crippen molar-refractivity contribution in [1.29, 1.82) is 0 Å². The molecule has 0 saturated carbocycles. The standard InChI is InChI=1S/C20H21N5O/c1-11-19-21-8-3-2-5-12-10-22-20(26)14-9-16(24-17(12)14)13-6-4-7-15(23-11)18(13)25-19/h4,6-7,9,12,24H,2-3,5,8,10H2,1H3,(H,21,25)(H,22,26)/t12-/m1/s1. The van der Waals surface area contributed by atoms with Crippen molar-refractivity contribution < 1.29 is 4.79 Å². The van der Waals surface area contributed by atoms with Gasteiger partial charge in [0, 0.05) is 36.0 Å². The number of amides is 1. The molecule has 5 rings (SSSR count). The van der Waals surface area contributed by atoms with Gasteiger partial charge in [0.2, 0.25) is 0 Å². The fourth-order valence-corrected chi connectivity index (χ4v) is 4.06. The maximum atomic E-state index is 12.4. The normalized spacial score (nSPS) is 19.3. The van der Waals surface area contributed by atoms with E-state index < -0.39 is 0 Å². The zero-order chi connectivity index (χ0) is 17.7. The summed E-state index contributed by atoms with van der Waals surface area (Å²) >= 11 is 0. The number of carbonyl (C=O) groups is 1. The fraction of sp³-hybridized carbons (Fsp3) is 0.350. The third kappa shape index (κ3) is 2.36. The number of hydrogen-bond donors (Lipinski definition) is 3. The van der Waals surface area contributed by atoms with Crippen LogP contribution < -0.4 is 10.6 Å². The third-order valence-corrected chi connectivity index (χ3v) is 5.44. The van der Waals surface area contributed by atoms with Crippen molar-refractivity contribution in [2.45, 2.75) is 32.1 Å². The van der Waals surface area contributed by atoms with E-state index in [-0.39, 0.29) is 5.91 Å². The van der Waals surface area contributed by atoms with Crippen LogP contribution in [-0.2, 0) is 0 Å². The van der Waals surface area contributed by atoms with Crippen LogP contribution in [0.4, 0.5) is 5.82 Å². The van der Waals surface area contributed by atoms with Gasteiger partial charge in [-0.1, -0.05) is 18.6 Å². The van der Waals surface area contributed by atoms with Crippen LogP contribution in [0, 0.1) is 6.92 Å². The molecule has 3 N–H and O–H groups in total. The predicted octanol–water partition coefficient (Wildman–Crippen LogP) is 3.36. The van der Waals surface area contributed by atoms with Crippen LogP contribution in [0.25, 0.3) is 22.3 Å². The van der Waals surface area contributed by atoms with E-state index in [1.807, 2.05) is 31.2 Å². The number of para-hydroxylation sites is 1. The molecule has 4 bridgehead atoms. The molecule has 2 aliphatic heterocycles. The Bertz CT molecular complexity index is 1020. The van der Waals surface area contributed by atoms with Gasteiger partial charge in [0.25, 0.3) is 5.91 Å². The highest BCUT2D eigenvalue weighted by Crippen LogP contribution is 2.34. The van der Waals surface area contributed by atoms with Crippen molar-refractivity contribution in [1.82, 2.24) is 20.3 Å². The SMILES string of the molecule is Cc1nc2cccc3c2nc1NCCCC[C@@H]1CNC(=O)c2cc-3[nH]c21. The minimum atomic E-state index is 0.00960. The lowest BCUT2D eigenvalue weighted by Crippen LogP contribution is -2.34. The Labute approximate surface area is 151 Å². The smallest absolute Gasteiger partial charge is 0.253 e. The van der Waals surface area contributed by atoms with Crippen LogP contribution in [0.1, 0.15) is 46.9 Å². The molecule has 1 atom stereocenters. The summed E-state index contributed by atoms with van der Waals surface area (Å²) in [4.78, 5) is 25.5. The molecule has 6 heteroatoms. The van der Waals surface area contributed by atoms with E-state index in [1.54, 1.807) is 0 Å². The summed E-state index contributed by atoms with van der Waals surface area (Å²) in [5.41, 5.74) is 6.39. The highest BCUT2D eigenvalue weighted by molar-refractivity contribution is 6.00. The Balaban J connectivity index is 1.77. The second-order valence-corrected chi connectivity index (χ2v) is 7.17. The van der Waals surface area contributed by atoms with Crippen LogP contribution in [0.5, 0.6) is 0 Å². The summed E-state index contributed by atoms with van der Waals surface area (Å²) < 4.78 is 0. The van der Waals surface area contributed by atoms with Crippen molar-refractivity contribution in [3.63, 3.8) is 0 Å². The molecule has 1 aromatic carbocycles. The molecule has 2 aromatic heterocycles. The highest BCUT2D eigenvalue weighted by Gasteiger charge is 2.28. The van der Waals surface area contributed by atoms with Crippen LogP contribution in [-0.4, -0.2) is 33.9 Å². The van der Waals surface area contributed by atoms with Crippen LogP contribution in [0.2, 0.25) is 0 Å². The Hall–Kier alpha value is -2.89. The van der Waals surface area contributed by atoms with Gasteiger partial charge < -0.3 is 15.6 Å². The maximum Gasteiger partial charge on any atom is 0.253 e. The van der Waals surface area contributed by atoms with E-state index in [2.05, 4.69) is 15.6 Å². The van der Waals surface area contributed by atoms with Gasteiger partial charge in [-0.05, 0) is 31.9 Å². The van der Waals surface area contributed by atoms with E-state index in [1.165, 1.54) is 0 Å². The molecule has 3 aromatic rings. The summed E-state index contributed by atoms with van der Waals surface area (Å²) in [5.74, 6) is 1.19. The van der Waals surface area contributed by atoms with Gasteiger partial charge in [0.15, 0.2) is 0 Å². The number of rotatable bonds is 0. The number of nitrogens with one attached hydrogen (secondary N) is 3. The number of aromatic nitrogens is 3. The molecule has 6 nitrogen and oxygen atoms in total. The van der Waals surface area contributed by atoms with E-state index in [0.29, 0.717) is 12.5 Å². The Morgan fingerprint density at radius 3 is 2.96 bits per heavy atom. The number of benzene rings is 1. The molecule has 0 spiro atoms. The molecule has 0 unspecified atom stereocenters. The lowest BCUT2D eigenvalue weighted by Gasteiger charge is -2.23. The minimum absolute atomic E-state index is 0.00960. The zero-order valence-corrected chi connectivity index (χ0v) is 14.7. The quantitative estimate of drug-likeness (QED) is 0.582. The van der Waals surface area contributed by atoms with Crippen LogP contribution in [0.15, 0.2) is 24.3 Å². The first-order valence-corrected chi connectivity index (χ1v) is 9.23. The number of hydrogen-bond acceptors (Lipinski definition) is 4. The average Bonchev–Trinajstić information content (AvgIpc) is 3.09. The molecule has 26 heavy (non-hydrogen) atoms. The maximum absolute atomic E-state index is 12.4. The van der Waals surface area contributed by atoms with Crippen molar-refractivity contribution in [3.05, 3.63) is 41.2 Å². The van der Waals surface area contributed by atoms with Gasteiger partial charge in [0.05, 0.1) is 16.8 Å². The summed E-state index contributed by atoms with van der Waals surface area (Å²) in [6.07, 6.45) is 3.22. The summed E-state index contributed by atoms with van der Waals surface area (Å²) in [6.45, 7) is 3.57. The van der Waals surface area contributed by atoms with Crippen molar-refractivity contribution in [2.75, 3.05) is 18.4 Å². The van der Waals surface area contributed by atoms with Crippen LogP contribution in [0.3, 0.4) is 0 Å². The summed E-state index contributed by atoms with van der Waals surface area (Å²) in [6, 6.07) is 7.99. The topological polar surface area (TPSA) is 82.7 Å². The summed E-state index contributed by atoms with van der Waals surface area (Å²) in [5, 5.41) is 6.48. The lowest BCUT2D eigenvalue weighted by atomic mass is 9.92. The Morgan fingerprint density at radius 1 is 1.12 bits per heavy atom. The van der Waals surface area contributed by atoms with Crippen molar-refractivity contribution in [3.8, 4) is 11.3 Å². The average molecular weight is 347 g/mol. The van der Waals surface area contributed by atoms with E-state index in [0.717, 1.165) is 70.9 Å². The number of carbonyl (C=O) groups excluding carboxylic acids is 1. The Kier molecular flexibility index (Phi) is 3.45. The summed E-state index contributed by atoms with van der Waals surface area (Å²) in [7, 11) is 0. The first kappa shape index (κ1) is 15.4. The Morgan fingerprint density at radius 2 is 2.04 bits per heavy atom. The van der Waals surface area contributed by atoms with Crippen molar-refractivity contribution in [2.24, 2.45) is 0 Å². The highest BCUT2D eigenvalue weighted by atomic mass is 16.1. The van der Waals surface area contributed by atoms with E-state index in [4.69, 9.17) is 9.97 Å². The molecule has 0 aliphatic carbocycles. The first-order chi connectivity index (χ1) is 12.7. The fourth-order valence-electron chi connectivity index (χ4n) is 4.06. The van der Waals surface area contributed by atoms with Crippen molar-refractivity contribution >= 4 is 22.8 Å². The molecule has 4 heterocycles. The van der Waals surface area contributed by atoms with Gasteiger partial charge in [-0.15, -0.1) is 0 Å². The lowest BCUT2D eigenvalue weighted by molar-refractivity contribution is 0.0939. The second kappa shape index (κ2) is 5.83. The third-order valence-electron chi connectivity index (χ3n) is 5.44. The molecule has 0 saturated heterocycles. The minimum Gasteiger partial charge on any atom is -0.369 e. The second-order valence-electron chi connectivity index (χ2n) is 7.17. The van der Waals surface area contributed by atoms with E-state index >= 15 is 0 Å². The number of aromatic amines is 1. The molecular weight excluding hydrogens is 326 g/mol. The number of H-pyrrole nitrogens is 1. The largest absolute Gasteiger partial charge is 0.369 e. The predicted molar refractivity (Wildman–Crippen MR) is 101 cm³/mol.